The van der Waals surface area contributed by atoms with Crippen molar-refractivity contribution in [1.29, 1.82) is 0 Å². The molecule has 0 spiro atoms. The SMILES string of the molecule is CCCCc1oc2ccc(C(=O)O)cc2c1C(=O)c1ccc(CCC(C(C)C)N(CCCC)CCCC)cc1. The summed E-state index contributed by atoms with van der Waals surface area (Å²) in [7, 11) is 0. The first-order valence-corrected chi connectivity index (χ1v) is 15.0. The van der Waals surface area contributed by atoms with Gasteiger partial charge in [0.15, 0.2) is 5.78 Å². The number of ketones is 1. The molecule has 0 amide bonds. The third-order valence-corrected chi connectivity index (χ3v) is 7.77. The molecule has 1 heterocycles. The zero-order valence-corrected chi connectivity index (χ0v) is 24.6. The highest BCUT2D eigenvalue weighted by Gasteiger charge is 2.24. The van der Waals surface area contributed by atoms with E-state index in [1.807, 2.05) is 12.1 Å². The minimum absolute atomic E-state index is 0.112. The van der Waals surface area contributed by atoms with E-state index >= 15 is 0 Å². The van der Waals surface area contributed by atoms with Gasteiger partial charge in [-0.3, -0.25) is 4.79 Å². The predicted octanol–water partition coefficient (Wildman–Crippen LogP) is 8.56. The molecule has 3 rings (SSSR count). The van der Waals surface area contributed by atoms with Crippen molar-refractivity contribution < 1.29 is 19.1 Å². The van der Waals surface area contributed by atoms with Crippen LogP contribution in [-0.4, -0.2) is 40.9 Å². The van der Waals surface area contributed by atoms with Crippen molar-refractivity contribution in [3.05, 3.63) is 70.5 Å². The number of aromatic carboxylic acids is 1. The number of carboxylic acid groups (broad SMARTS) is 1. The Hall–Kier alpha value is -2.92. The molecule has 39 heavy (non-hydrogen) atoms. The number of fused-ring (bicyclic) bond motifs is 1. The third-order valence-electron chi connectivity index (χ3n) is 7.77. The zero-order valence-electron chi connectivity index (χ0n) is 24.6. The second-order valence-electron chi connectivity index (χ2n) is 11.1. The normalized spacial score (nSPS) is 12.5. The van der Waals surface area contributed by atoms with Gasteiger partial charge in [0.25, 0.3) is 0 Å². The van der Waals surface area contributed by atoms with Gasteiger partial charge in [0.1, 0.15) is 11.3 Å². The Morgan fingerprint density at radius 2 is 1.46 bits per heavy atom. The summed E-state index contributed by atoms with van der Waals surface area (Å²) in [6, 6.07) is 13.3. The van der Waals surface area contributed by atoms with Crippen LogP contribution in [0.25, 0.3) is 11.0 Å². The quantitative estimate of drug-likeness (QED) is 0.176. The molecular weight excluding hydrogens is 486 g/mol. The molecule has 0 saturated heterocycles. The monoisotopic (exact) mass is 533 g/mol. The molecule has 0 saturated carbocycles. The number of hydrogen-bond acceptors (Lipinski definition) is 4. The fraction of sp³-hybridized carbons (Fsp3) is 0.529. The number of carboxylic acids is 1. The molecule has 1 atom stereocenters. The molecule has 1 unspecified atom stereocenters. The number of carbonyl (C=O) groups is 2. The van der Waals surface area contributed by atoms with E-state index in [1.165, 1.54) is 37.3 Å². The van der Waals surface area contributed by atoms with Crippen LogP contribution in [0.3, 0.4) is 0 Å². The standard InChI is InChI=1S/C34H47NO4/c1-6-9-12-31-32(28-23-27(34(37)38)18-20-30(28)39-31)33(36)26-16-13-25(14-17-26)15-19-29(24(4)5)35(21-10-7-2)22-11-8-3/h13-14,16-18,20,23-24,29H,6-12,15,19,21-22H2,1-5H3,(H,37,38). The van der Waals surface area contributed by atoms with Crippen molar-refractivity contribution in [2.75, 3.05) is 13.1 Å². The molecule has 0 aliphatic carbocycles. The Morgan fingerprint density at radius 3 is 2.03 bits per heavy atom. The Balaban J connectivity index is 1.81. The molecule has 2 aromatic carbocycles. The van der Waals surface area contributed by atoms with E-state index in [2.05, 4.69) is 51.7 Å². The molecule has 5 heteroatoms. The van der Waals surface area contributed by atoms with Crippen LogP contribution in [0.4, 0.5) is 0 Å². The smallest absolute Gasteiger partial charge is 0.335 e. The first kappa shape index (κ1) is 30.6. The average molecular weight is 534 g/mol. The van der Waals surface area contributed by atoms with Crippen molar-refractivity contribution in [2.45, 2.75) is 98.4 Å². The number of aryl methyl sites for hydroxylation is 2. The maximum Gasteiger partial charge on any atom is 0.335 e. The molecule has 0 aliphatic heterocycles. The molecule has 0 aliphatic rings. The highest BCUT2D eigenvalue weighted by Crippen LogP contribution is 2.31. The van der Waals surface area contributed by atoms with E-state index < -0.39 is 5.97 Å². The largest absolute Gasteiger partial charge is 0.478 e. The number of rotatable bonds is 17. The molecule has 3 aromatic rings. The molecule has 0 fully saturated rings. The number of carbonyl (C=O) groups excluding carboxylic acids is 1. The second-order valence-corrected chi connectivity index (χ2v) is 11.1. The summed E-state index contributed by atoms with van der Waals surface area (Å²) in [5.74, 6) is 0.103. The number of furan rings is 1. The Bertz CT molecular complexity index is 1200. The van der Waals surface area contributed by atoms with Crippen molar-refractivity contribution >= 4 is 22.7 Å². The predicted molar refractivity (Wildman–Crippen MR) is 160 cm³/mol. The summed E-state index contributed by atoms with van der Waals surface area (Å²) in [5, 5.41) is 10.1. The van der Waals surface area contributed by atoms with Crippen molar-refractivity contribution in [3.63, 3.8) is 0 Å². The molecule has 0 radical (unpaired) electrons. The zero-order chi connectivity index (χ0) is 28.4. The first-order valence-electron chi connectivity index (χ1n) is 15.0. The second kappa shape index (κ2) is 15.0. The van der Waals surface area contributed by atoms with Crippen molar-refractivity contribution in [1.82, 2.24) is 4.90 Å². The van der Waals surface area contributed by atoms with Crippen LogP contribution < -0.4 is 0 Å². The highest BCUT2D eigenvalue weighted by atomic mass is 16.4. The maximum atomic E-state index is 13.7. The number of unbranched alkanes of at least 4 members (excludes halogenated alkanes) is 3. The van der Waals surface area contributed by atoms with Crippen LogP contribution in [0.1, 0.15) is 117 Å². The first-order chi connectivity index (χ1) is 18.8. The number of benzene rings is 2. The highest BCUT2D eigenvalue weighted by molar-refractivity contribution is 6.17. The van der Waals surface area contributed by atoms with Crippen LogP contribution in [0.2, 0.25) is 0 Å². The Labute approximate surface area is 234 Å². The van der Waals surface area contributed by atoms with Crippen LogP contribution >= 0.6 is 0 Å². The minimum Gasteiger partial charge on any atom is -0.478 e. The summed E-state index contributed by atoms with van der Waals surface area (Å²) in [6.07, 6.45) is 9.51. The lowest BCUT2D eigenvalue weighted by molar-refractivity contribution is 0.0696. The van der Waals surface area contributed by atoms with Crippen LogP contribution in [0.5, 0.6) is 0 Å². The van der Waals surface area contributed by atoms with Gasteiger partial charge in [0.05, 0.1) is 11.1 Å². The molecule has 5 nitrogen and oxygen atoms in total. The molecule has 1 N–H and O–H groups in total. The van der Waals surface area contributed by atoms with Crippen molar-refractivity contribution in [3.8, 4) is 0 Å². The van der Waals surface area contributed by atoms with Gasteiger partial charge in [-0.15, -0.1) is 0 Å². The summed E-state index contributed by atoms with van der Waals surface area (Å²) in [6.45, 7) is 13.6. The van der Waals surface area contributed by atoms with E-state index in [-0.39, 0.29) is 11.3 Å². The van der Waals surface area contributed by atoms with Gasteiger partial charge < -0.3 is 14.4 Å². The van der Waals surface area contributed by atoms with Gasteiger partial charge >= 0.3 is 5.97 Å². The topological polar surface area (TPSA) is 70.7 Å². The van der Waals surface area contributed by atoms with Gasteiger partial charge in [-0.1, -0.05) is 78.1 Å². The van der Waals surface area contributed by atoms with E-state index in [0.717, 1.165) is 38.8 Å². The fourth-order valence-corrected chi connectivity index (χ4v) is 5.43. The molecule has 1 aromatic heterocycles. The van der Waals surface area contributed by atoms with Gasteiger partial charge in [-0.2, -0.15) is 0 Å². The Kier molecular flexibility index (Phi) is 11.8. The average Bonchev–Trinajstić information content (AvgIpc) is 3.30. The Morgan fingerprint density at radius 1 is 0.846 bits per heavy atom. The van der Waals surface area contributed by atoms with Crippen LogP contribution in [-0.2, 0) is 12.8 Å². The van der Waals surface area contributed by atoms with E-state index in [4.69, 9.17) is 4.42 Å². The summed E-state index contributed by atoms with van der Waals surface area (Å²) >= 11 is 0. The molecule has 0 bridgehead atoms. The van der Waals surface area contributed by atoms with Crippen LogP contribution in [0, 0.1) is 5.92 Å². The lowest BCUT2D eigenvalue weighted by atomic mass is 9.93. The molecular formula is C34H47NO4. The number of hydrogen-bond donors (Lipinski definition) is 1. The third kappa shape index (κ3) is 8.04. The lowest BCUT2D eigenvalue weighted by Gasteiger charge is -2.35. The van der Waals surface area contributed by atoms with Crippen molar-refractivity contribution in [2.24, 2.45) is 5.92 Å². The maximum absolute atomic E-state index is 13.7. The van der Waals surface area contributed by atoms with E-state index in [9.17, 15) is 14.7 Å². The van der Waals surface area contributed by atoms with Gasteiger partial charge in [-0.05, 0) is 74.9 Å². The van der Waals surface area contributed by atoms with Gasteiger partial charge in [0, 0.05) is 23.4 Å². The lowest BCUT2D eigenvalue weighted by Crippen LogP contribution is -2.40. The molecule has 212 valence electrons. The van der Waals surface area contributed by atoms with E-state index in [1.54, 1.807) is 12.1 Å². The van der Waals surface area contributed by atoms with Crippen LogP contribution in [0.15, 0.2) is 46.9 Å². The summed E-state index contributed by atoms with van der Waals surface area (Å²) < 4.78 is 6.05. The minimum atomic E-state index is -1.02. The summed E-state index contributed by atoms with van der Waals surface area (Å²) in [4.78, 5) is 28.0. The van der Waals surface area contributed by atoms with Gasteiger partial charge in [-0.25, -0.2) is 4.79 Å². The van der Waals surface area contributed by atoms with Gasteiger partial charge in [0.2, 0.25) is 0 Å². The van der Waals surface area contributed by atoms with E-state index in [0.29, 0.717) is 46.2 Å². The summed E-state index contributed by atoms with van der Waals surface area (Å²) in [5.41, 5.74) is 3.05. The number of nitrogens with zero attached hydrogens (tertiary/aromatic N) is 1. The fourth-order valence-electron chi connectivity index (χ4n) is 5.43.